The van der Waals surface area contributed by atoms with Crippen LogP contribution in [0.1, 0.15) is 19.3 Å². The molecule has 2 N–H and O–H groups in total. The Morgan fingerprint density at radius 2 is 2.17 bits per heavy atom. The van der Waals surface area contributed by atoms with Crippen molar-refractivity contribution in [1.82, 2.24) is 5.32 Å². The van der Waals surface area contributed by atoms with Crippen LogP contribution in [-0.2, 0) is 4.79 Å². The van der Waals surface area contributed by atoms with Gasteiger partial charge in [0, 0.05) is 23.6 Å². The minimum atomic E-state index is -4.46. The van der Waals surface area contributed by atoms with E-state index in [0.717, 1.165) is 19.4 Å². The molecule has 1 aliphatic heterocycles. The summed E-state index contributed by atoms with van der Waals surface area (Å²) in [7, 11) is 0. The number of anilines is 1. The fraction of sp³-hybridized carbons (Fsp3) is 0.500. The smallest absolute Gasteiger partial charge is 0.422 e. The van der Waals surface area contributed by atoms with Gasteiger partial charge in [-0.1, -0.05) is 11.6 Å². The van der Waals surface area contributed by atoms with E-state index in [1.165, 1.54) is 18.2 Å². The molecular weight excluding hydrogens is 356 g/mol. The van der Waals surface area contributed by atoms with Gasteiger partial charge < -0.3 is 15.4 Å². The van der Waals surface area contributed by atoms with Crippen LogP contribution in [0.3, 0.4) is 0 Å². The van der Waals surface area contributed by atoms with Gasteiger partial charge >= 0.3 is 6.18 Å². The predicted molar refractivity (Wildman–Crippen MR) is 84.5 cm³/mol. The lowest BCUT2D eigenvalue weighted by molar-refractivity contribution is -0.153. The third kappa shape index (κ3) is 6.85. The number of halogens is 5. The van der Waals surface area contributed by atoms with Crippen molar-refractivity contribution >= 4 is 35.6 Å². The fourth-order valence-electron chi connectivity index (χ4n) is 2.23. The summed E-state index contributed by atoms with van der Waals surface area (Å²) in [5.41, 5.74) is 0.177. The molecule has 0 saturated carbocycles. The van der Waals surface area contributed by atoms with Gasteiger partial charge in [0.05, 0.1) is 5.69 Å². The van der Waals surface area contributed by atoms with Gasteiger partial charge in [-0.05, 0) is 31.5 Å². The molecule has 1 heterocycles. The van der Waals surface area contributed by atoms with Crippen LogP contribution >= 0.6 is 24.0 Å². The first-order chi connectivity index (χ1) is 10.3. The van der Waals surface area contributed by atoms with Gasteiger partial charge in [-0.25, -0.2) is 0 Å². The average molecular weight is 373 g/mol. The average Bonchev–Trinajstić information content (AvgIpc) is 2.91. The minimum absolute atomic E-state index is 0. The number of rotatable bonds is 5. The zero-order valence-electron chi connectivity index (χ0n) is 12.1. The first-order valence-corrected chi connectivity index (χ1v) is 7.23. The monoisotopic (exact) mass is 372 g/mol. The van der Waals surface area contributed by atoms with Crippen molar-refractivity contribution in [2.45, 2.75) is 31.5 Å². The number of carbonyl (C=O) groups is 1. The van der Waals surface area contributed by atoms with Gasteiger partial charge in [-0.3, -0.25) is 4.79 Å². The molecule has 9 heteroatoms. The van der Waals surface area contributed by atoms with E-state index in [9.17, 15) is 18.0 Å². The summed E-state index contributed by atoms with van der Waals surface area (Å²) >= 11 is 5.76. The highest BCUT2D eigenvalue weighted by atomic mass is 35.5. The predicted octanol–water partition coefficient (Wildman–Crippen LogP) is 3.78. The number of hydrogen-bond acceptors (Lipinski definition) is 3. The van der Waals surface area contributed by atoms with Crippen LogP contribution in [0.5, 0.6) is 5.75 Å². The van der Waals surface area contributed by atoms with Crippen molar-refractivity contribution in [3.8, 4) is 5.75 Å². The molecule has 1 atom stereocenters. The Hall–Kier alpha value is -1.18. The van der Waals surface area contributed by atoms with E-state index in [4.69, 9.17) is 16.3 Å². The van der Waals surface area contributed by atoms with Gasteiger partial charge in [0.2, 0.25) is 5.91 Å². The largest absolute Gasteiger partial charge is 0.482 e. The summed E-state index contributed by atoms with van der Waals surface area (Å²) in [5.74, 6) is -0.379. The maximum absolute atomic E-state index is 12.3. The highest BCUT2D eigenvalue weighted by molar-refractivity contribution is 6.30. The van der Waals surface area contributed by atoms with Crippen LogP contribution in [0.15, 0.2) is 18.2 Å². The van der Waals surface area contributed by atoms with Crippen molar-refractivity contribution in [2.75, 3.05) is 18.5 Å². The second-order valence-electron chi connectivity index (χ2n) is 5.09. The number of ether oxygens (including phenoxy) is 1. The number of benzene rings is 1. The molecule has 0 aromatic heterocycles. The molecule has 1 unspecified atom stereocenters. The van der Waals surface area contributed by atoms with Crippen LogP contribution in [0.4, 0.5) is 18.9 Å². The van der Waals surface area contributed by atoms with E-state index >= 15 is 0 Å². The normalized spacial score (nSPS) is 17.5. The second kappa shape index (κ2) is 8.61. The molecule has 0 aliphatic carbocycles. The Balaban J connectivity index is 0.00000264. The highest BCUT2D eigenvalue weighted by Crippen LogP contribution is 2.30. The van der Waals surface area contributed by atoms with Crippen LogP contribution in [0.25, 0.3) is 0 Å². The second-order valence-corrected chi connectivity index (χ2v) is 5.53. The molecule has 1 saturated heterocycles. The summed E-state index contributed by atoms with van der Waals surface area (Å²) in [5, 5.41) is 5.98. The quantitative estimate of drug-likeness (QED) is 0.826. The molecule has 4 nitrogen and oxygen atoms in total. The summed E-state index contributed by atoms with van der Waals surface area (Å²) in [6.45, 7) is -0.570. The zero-order chi connectivity index (χ0) is 16.2. The molecule has 130 valence electrons. The molecule has 1 aliphatic rings. The van der Waals surface area contributed by atoms with Crippen molar-refractivity contribution < 1.29 is 22.7 Å². The molecule has 0 bridgehead atoms. The van der Waals surface area contributed by atoms with Crippen LogP contribution in [-0.4, -0.2) is 31.3 Å². The Morgan fingerprint density at radius 1 is 1.43 bits per heavy atom. The van der Waals surface area contributed by atoms with E-state index in [1.54, 1.807) is 0 Å². The van der Waals surface area contributed by atoms with Crippen molar-refractivity contribution in [3.63, 3.8) is 0 Å². The van der Waals surface area contributed by atoms with E-state index in [-0.39, 0.29) is 47.2 Å². The summed E-state index contributed by atoms with van der Waals surface area (Å²) in [4.78, 5) is 11.9. The fourth-order valence-corrected chi connectivity index (χ4v) is 2.40. The van der Waals surface area contributed by atoms with Gasteiger partial charge in [0.25, 0.3) is 0 Å². The maximum Gasteiger partial charge on any atom is 0.422 e. The lowest BCUT2D eigenvalue weighted by Gasteiger charge is -2.15. The number of carbonyl (C=O) groups excluding carboxylic acids is 1. The minimum Gasteiger partial charge on any atom is -0.482 e. The SMILES string of the molecule is Cl.O=C(CC1CCCN1)Nc1ccc(Cl)cc1OCC(F)(F)F. The van der Waals surface area contributed by atoms with E-state index in [1.807, 2.05) is 0 Å². The van der Waals surface area contributed by atoms with Crippen LogP contribution < -0.4 is 15.4 Å². The molecule has 1 aromatic carbocycles. The molecule has 0 radical (unpaired) electrons. The van der Waals surface area contributed by atoms with E-state index in [0.29, 0.717) is 0 Å². The van der Waals surface area contributed by atoms with E-state index < -0.39 is 12.8 Å². The van der Waals surface area contributed by atoms with E-state index in [2.05, 4.69) is 10.6 Å². The van der Waals surface area contributed by atoms with Crippen molar-refractivity contribution in [2.24, 2.45) is 0 Å². The van der Waals surface area contributed by atoms with Crippen LogP contribution in [0, 0.1) is 0 Å². The Bertz CT molecular complexity index is 535. The molecule has 1 aromatic rings. The number of alkyl halides is 3. The number of amides is 1. The van der Waals surface area contributed by atoms with Crippen molar-refractivity contribution in [1.29, 1.82) is 0 Å². The van der Waals surface area contributed by atoms with Gasteiger partial charge in [0.15, 0.2) is 6.61 Å². The third-order valence-electron chi connectivity index (χ3n) is 3.20. The number of hydrogen-bond donors (Lipinski definition) is 2. The lowest BCUT2D eigenvalue weighted by Crippen LogP contribution is -2.27. The lowest BCUT2D eigenvalue weighted by atomic mass is 10.1. The molecule has 1 fully saturated rings. The molecule has 2 rings (SSSR count). The molecule has 0 spiro atoms. The highest BCUT2D eigenvalue weighted by Gasteiger charge is 2.29. The maximum atomic E-state index is 12.3. The standard InChI is InChI=1S/C14H16ClF3N2O2.ClH/c15-9-3-4-11(12(6-9)22-8-14(16,17)18)20-13(21)7-10-2-1-5-19-10;/h3-4,6,10,19H,1-2,5,7-8H2,(H,20,21);1H. The zero-order valence-corrected chi connectivity index (χ0v) is 13.7. The van der Waals surface area contributed by atoms with Gasteiger partial charge in [0.1, 0.15) is 5.75 Å². The van der Waals surface area contributed by atoms with Gasteiger partial charge in [-0.15, -0.1) is 12.4 Å². The summed E-state index contributed by atoms with van der Waals surface area (Å²) in [6, 6.07) is 4.25. The summed E-state index contributed by atoms with van der Waals surface area (Å²) < 4.78 is 41.5. The first kappa shape index (κ1) is 19.9. The topological polar surface area (TPSA) is 50.4 Å². The third-order valence-corrected chi connectivity index (χ3v) is 3.44. The van der Waals surface area contributed by atoms with Gasteiger partial charge in [-0.2, -0.15) is 13.2 Å². The Labute approximate surface area is 143 Å². The molecule has 1 amide bonds. The number of nitrogens with one attached hydrogen (secondary N) is 2. The molecular formula is C14H17Cl2F3N2O2. The first-order valence-electron chi connectivity index (χ1n) is 6.86. The van der Waals surface area contributed by atoms with Crippen molar-refractivity contribution in [3.05, 3.63) is 23.2 Å². The Kier molecular flexibility index (Phi) is 7.44. The van der Waals surface area contributed by atoms with Crippen LogP contribution in [0.2, 0.25) is 5.02 Å². The summed E-state index contributed by atoms with van der Waals surface area (Å²) in [6.07, 6.45) is -2.27. The molecule has 23 heavy (non-hydrogen) atoms. The Morgan fingerprint density at radius 3 is 2.78 bits per heavy atom.